The van der Waals surface area contributed by atoms with Crippen LogP contribution in [0.15, 0.2) is 139 Å². The third-order valence-electron chi connectivity index (χ3n) is 8.02. The predicted molar refractivity (Wildman–Crippen MR) is 175 cm³/mol. The van der Waals surface area contributed by atoms with Crippen molar-refractivity contribution in [3.8, 4) is 0 Å². The molecular weight excluding hydrogens is 534 g/mol. The monoisotopic (exact) mass is 557 g/mol. The molecule has 6 aromatic carbocycles. The van der Waals surface area contributed by atoms with Crippen molar-refractivity contribution < 1.29 is 9.59 Å². The summed E-state index contributed by atoms with van der Waals surface area (Å²) >= 11 is 1.56. The summed E-state index contributed by atoms with van der Waals surface area (Å²) in [7, 11) is 0. The summed E-state index contributed by atoms with van der Waals surface area (Å²) < 4.78 is 0. The van der Waals surface area contributed by atoms with E-state index in [0.29, 0.717) is 11.1 Å². The third-order valence-corrected chi connectivity index (χ3v) is 9.04. The SMILES string of the molecule is O=C1C(=Cc2ccc(N(c3ccccc3)c3cccc4ccccc34)s2)C(=O)c2c1c1ccccc1c1ccccc21. The van der Waals surface area contributed by atoms with Crippen molar-refractivity contribution in [1.29, 1.82) is 0 Å². The molecule has 7 aromatic rings. The highest BCUT2D eigenvalue weighted by Crippen LogP contribution is 2.44. The first-order valence-corrected chi connectivity index (χ1v) is 14.7. The van der Waals surface area contributed by atoms with Gasteiger partial charge in [0.2, 0.25) is 0 Å². The van der Waals surface area contributed by atoms with Crippen LogP contribution in [0.2, 0.25) is 0 Å². The number of carbonyl (C=O) groups excluding carboxylic acids is 2. The summed E-state index contributed by atoms with van der Waals surface area (Å²) in [5, 5.41) is 6.93. The Balaban J connectivity index is 1.27. The summed E-state index contributed by atoms with van der Waals surface area (Å²) in [6, 6.07) is 44.7. The minimum atomic E-state index is -0.208. The molecule has 0 amide bonds. The first kappa shape index (κ1) is 24.5. The lowest BCUT2D eigenvalue weighted by Gasteiger charge is -2.25. The lowest BCUT2D eigenvalue weighted by molar-refractivity contribution is 0.0991. The molecule has 0 unspecified atom stereocenters. The van der Waals surface area contributed by atoms with Gasteiger partial charge in [-0.05, 0) is 63.3 Å². The number of rotatable bonds is 4. The van der Waals surface area contributed by atoms with E-state index in [-0.39, 0.29) is 17.1 Å². The number of benzene rings is 6. The fourth-order valence-electron chi connectivity index (χ4n) is 6.16. The topological polar surface area (TPSA) is 37.4 Å². The average Bonchev–Trinajstić information content (AvgIpc) is 3.60. The van der Waals surface area contributed by atoms with Crippen LogP contribution in [0, 0.1) is 0 Å². The van der Waals surface area contributed by atoms with E-state index >= 15 is 0 Å². The van der Waals surface area contributed by atoms with Gasteiger partial charge in [0, 0.05) is 27.1 Å². The number of thiophene rings is 1. The van der Waals surface area contributed by atoms with Crippen LogP contribution in [-0.4, -0.2) is 11.6 Å². The maximum atomic E-state index is 13.9. The van der Waals surface area contributed by atoms with E-state index in [1.54, 1.807) is 17.4 Å². The van der Waals surface area contributed by atoms with E-state index in [2.05, 4.69) is 65.6 Å². The number of anilines is 3. The van der Waals surface area contributed by atoms with Crippen molar-refractivity contribution in [3.05, 3.63) is 155 Å². The van der Waals surface area contributed by atoms with Gasteiger partial charge in [-0.3, -0.25) is 9.59 Å². The van der Waals surface area contributed by atoms with Crippen molar-refractivity contribution >= 4 is 77.7 Å². The standard InChI is InChI=1S/C38H23NO2S/c40-37-32(38(41)36-31-19-9-7-17-29(31)28-16-6-8-18-30(28)35(36)37)23-26-21-22-34(42-26)39(25-13-2-1-3-14-25)33-20-10-12-24-11-4-5-15-27(24)33/h1-23H. The zero-order valence-electron chi connectivity index (χ0n) is 22.5. The Hall–Kier alpha value is -5.32. The molecule has 1 heterocycles. The van der Waals surface area contributed by atoms with Gasteiger partial charge >= 0.3 is 0 Å². The van der Waals surface area contributed by atoms with Crippen LogP contribution in [0.5, 0.6) is 0 Å². The lowest BCUT2D eigenvalue weighted by Crippen LogP contribution is -2.08. The normalized spacial score (nSPS) is 12.8. The molecule has 0 N–H and O–H groups in total. The Kier molecular flexibility index (Phi) is 5.62. The minimum Gasteiger partial charge on any atom is -0.301 e. The zero-order chi connectivity index (χ0) is 28.2. The Morgan fingerprint density at radius 3 is 1.71 bits per heavy atom. The molecule has 42 heavy (non-hydrogen) atoms. The quantitative estimate of drug-likeness (QED) is 0.123. The van der Waals surface area contributed by atoms with E-state index < -0.39 is 0 Å². The Morgan fingerprint density at radius 2 is 1.05 bits per heavy atom. The largest absolute Gasteiger partial charge is 0.301 e. The maximum absolute atomic E-state index is 13.9. The molecular formula is C38H23NO2S. The summed E-state index contributed by atoms with van der Waals surface area (Å²) in [4.78, 5) is 30.9. The highest BCUT2D eigenvalue weighted by molar-refractivity contribution is 7.17. The molecule has 198 valence electrons. The van der Waals surface area contributed by atoms with Crippen molar-refractivity contribution in [2.24, 2.45) is 0 Å². The number of Topliss-reactive ketones (excluding diaryl/α,β-unsaturated/α-hetero) is 2. The van der Waals surface area contributed by atoms with E-state index in [0.717, 1.165) is 53.6 Å². The van der Waals surface area contributed by atoms with Gasteiger partial charge in [0.15, 0.2) is 11.6 Å². The molecule has 0 bridgehead atoms. The van der Waals surface area contributed by atoms with Crippen molar-refractivity contribution in [3.63, 3.8) is 0 Å². The van der Waals surface area contributed by atoms with Crippen molar-refractivity contribution in [1.82, 2.24) is 0 Å². The summed E-state index contributed by atoms with van der Waals surface area (Å²) in [6.45, 7) is 0. The van der Waals surface area contributed by atoms with Gasteiger partial charge in [-0.2, -0.15) is 0 Å². The number of allylic oxidation sites excluding steroid dienone is 1. The van der Waals surface area contributed by atoms with E-state index in [4.69, 9.17) is 0 Å². The van der Waals surface area contributed by atoms with Crippen LogP contribution < -0.4 is 4.90 Å². The van der Waals surface area contributed by atoms with Gasteiger partial charge in [-0.25, -0.2) is 0 Å². The molecule has 4 heteroatoms. The molecule has 0 atom stereocenters. The fourth-order valence-corrected chi connectivity index (χ4v) is 7.15. The van der Waals surface area contributed by atoms with Gasteiger partial charge in [-0.15, -0.1) is 11.3 Å². The minimum absolute atomic E-state index is 0.208. The predicted octanol–water partition coefficient (Wildman–Crippen LogP) is 10.1. The van der Waals surface area contributed by atoms with Crippen LogP contribution >= 0.6 is 11.3 Å². The second-order valence-electron chi connectivity index (χ2n) is 10.4. The molecule has 8 rings (SSSR count). The summed E-state index contributed by atoms with van der Waals surface area (Å²) in [6.07, 6.45) is 1.77. The number of hydrogen-bond acceptors (Lipinski definition) is 4. The van der Waals surface area contributed by atoms with Gasteiger partial charge in [0.25, 0.3) is 0 Å². The van der Waals surface area contributed by atoms with Gasteiger partial charge in [0.1, 0.15) is 5.00 Å². The molecule has 3 nitrogen and oxygen atoms in total. The molecule has 0 spiro atoms. The number of carbonyl (C=O) groups is 2. The Labute approximate surface area is 246 Å². The van der Waals surface area contributed by atoms with Gasteiger partial charge in [-0.1, -0.05) is 103 Å². The first-order valence-electron chi connectivity index (χ1n) is 13.9. The van der Waals surface area contributed by atoms with Crippen LogP contribution in [0.4, 0.5) is 16.4 Å². The highest BCUT2D eigenvalue weighted by Gasteiger charge is 2.36. The second kappa shape index (κ2) is 9.65. The number of ketones is 2. The van der Waals surface area contributed by atoms with E-state index in [1.165, 1.54) is 0 Å². The van der Waals surface area contributed by atoms with Gasteiger partial charge in [0.05, 0.1) is 11.3 Å². The molecule has 0 saturated carbocycles. The lowest BCUT2D eigenvalue weighted by atomic mass is 9.93. The fraction of sp³-hybridized carbons (Fsp3) is 0. The number of hydrogen-bond donors (Lipinski definition) is 0. The smallest absolute Gasteiger partial charge is 0.198 e. The third kappa shape index (κ3) is 3.73. The van der Waals surface area contributed by atoms with Gasteiger partial charge < -0.3 is 4.90 Å². The molecule has 1 aliphatic rings. The highest BCUT2D eigenvalue weighted by atomic mass is 32.1. The number of para-hydroxylation sites is 1. The van der Waals surface area contributed by atoms with Crippen LogP contribution in [-0.2, 0) is 0 Å². The molecule has 0 radical (unpaired) electrons. The Bertz CT molecular complexity index is 2160. The molecule has 0 saturated heterocycles. The van der Waals surface area contributed by atoms with Crippen molar-refractivity contribution in [2.75, 3.05) is 4.90 Å². The van der Waals surface area contributed by atoms with Crippen LogP contribution in [0.3, 0.4) is 0 Å². The molecule has 0 fully saturated rings. The molecule has 1 aromatic heterocycles. The molecule has 0 aliphatic heterocycles. The first-order chi connectivity index (χ1) is 20.7. The van der Waals surface area contributed by atoms with E-state index in [9.17, 15) is 9.59 Å². The van der Waals surface area contributed by atoms with Crippen LogP contribution in [0.25, 0.3) is 38.4 Å². The summed E-state index contributed by atoms with van der Waals surface area (Å²) in [5.74, 6) is -0.415. The van der Waals surface area contributed by atoms with Crippen LogP contribution in [0.1, 0.15) is 25.6 Å². The summed E-state index contributed by atoms with van der Waals surface area (Å²) in [5.41, 5.74) is 3.35. The average molecular weight is 558 g/mol. The van der Waals surface area contributed by atoms with E-state index in [1.807, 2.05) is 72.8 Å². The number of fused-ring (bicyclic) bond motifs is 7. The molecule has 1 aliphatic carbocycles. The Morgan fingerprint density at radius 1 is 0.500 bits per heavy atom. The maximum Gasteiger partial charge on any atom is 0.198 e. The second-order valence-corrected chi connectivity index (χ2v) is 11.5. The zero-order valence-corrected chi connectivity index (χ0v) is 23.3. The number of nitrogens with zero attached hydrogens (tertiary/aromatic N) is 1. The van der Waals surface area contributed by atoms with Crippen molar-refractivity contribution in [2.45, 2.75) is 0 Å².